The number of alkyl carbamates (subject to hydrolysis) is 1. The Balaban J connectivity index is 1.28. The number of rotatable bonds is 5. The summed E-state index contributed by atoms with van der Waals surface area (Å²) in [4.78, 5) is 70.9. The molecule has 0 unspecified atom stereocenters. The predicted octanol–water partition coefficient (Wildman–Crippen LogP) is 3.14. The number of benzene rings is 1. The van der Waals surface area contributed by atoms with E-state index in [-0.39, 0.29) is 45.3 Å². The number of nitrogens with zero attached hydrogens (tertiary/aromatic N) is 2. The molecule has 3 fully saturated rings. The second-order valence-corrected chi connectivity index (χ2v) is 16.9. The first kappa shape index (κ1) is 33.9. The van der Waals surface area contributed by atoms with Crippen LogP contribution < -0.4 is 15.4 Å². The van der Waals surface area contributed by atoms with Gasteiger partial charge < -0.3 is 25.0 Å². The number of allylic oxidation sites excluding steroid dienone is 1. The minimum Gasteiger partial charge on any atom is -0.444 e. The van der Waals surface area contributed by atoms with Crippen molar-refractivity contribution in [2.75, 3.05) is 6.54 Å². The Morgan fingerprint density at radius 1 is 1.10 bits per heavy atom. The number of amides is 5. The number of hydrogen-bond donors (Lipinski definition) is 3. The van der Waals surface area contributed by atoms with Crippen LogP contribution in [-0.2, 0) is 47.0 Å². The van der Waals surface area contributed by atoms with E-state index in [1.165, 1.54) is 28.0 Å². The Labute approximate surface area is 299 Å². The van der Waals surface area contributed by atoms with Gasteiger partial charge in [-0.05, 0) is 70.9 Å². The van der Waals surface area contributed by atoms with Crippen molar-refractivity contribution in [1.82, 2.24) is 25.2 Å². The number of nitrogens with one attached hydrogen (secondary N) is 3. The number of halogens is 1. The van der Waals surface area contributed by atoms with Gasteiger partial charge in [0.1, 0.15) is 35.1 Å². The number of carbonyl (C=O) groups is 5. The molecule has 1 aromatic carbocycles. The van der Waals surface area contributed by atoms with E-state index in [1.54, 1.807) is 32.9 Å². The zero-order valence-electron chi connectivity index (χ0n) is 30.9. The van der Waals surface area contributed by atoms with E-state index in [9.17, 15) is 36.8 Å². The van der Waals surface area contributed by atoms with Crippen molar-refractivity contribution in [1.29, 1.82) is 0 Å². The first-order chi connectivity index (χ1) is 24.8. The molecule has 2 aliphatic carbocycles. The van der Waals surface area contributed by atoms with Gasteiger partial charge in [-0.15, -0.1) is 0 Å². The summed E-state index contributed by atoms with van der Waals surface area (Å²) in [7, 11) is -4.02. The highest BCUT2D eigenvalue weighted by molar-refractivity contribution is 7.91. The molecule has 278 valence electrons. The van der Waals surface area contributed by atoms with Crippen molar-refractivity contribution in [3.8, 4) is 0 Å². The fourth-order valence-electron chi connectivity index (χ4n) is 6.82. The van der Waals surface area contributed by atoms with Crippen LogP contribution in [0, 0.1) is 11.7 Å². The Hall–Kier alpha value is -4.21. The van der Waals surface area contributed by atoms with Crippen LogP contribution in [0.3, 0.4) is 0 Å². The molecule has 5 atom stereocenters. The van der Waals surface area contributed by atoms with E-state index in [4.69, 9.17) is 12.2 Å². The summed E-state index contributed by atoms with van der Waals surface area (Å²) in [5.74, 6) is -3.69. The molecule has 14 nitrogen and oxygen atoms in total. The highest BCUT2D eigenvalue weighted by Crippen LogP contribution is 2.46. The average molecular weight is 734 g/mol. The van der Waals surface area contributed by atoms with Crippen molar-refractivity contribution in [2.24, 2.45) is 5.92 Å². The van der Waals surface area contributed by atoms with Gasteiger partial charge in [-0.1, -0.05) is 37.1 Å². The molecule has 5 amide bonds. The molecule has 3 aliphatic heterocycles. The quantitative estimate of drug-likeness (QED) is 0.383. The highest BCUT2D eigenvalue weighted by atomic mass is 32.2. The topological polar surface area (TPSA) is 181 Å². The van der Waals surface area contributed by atoms with Crippen molar-refractivity contribution < 1.29 is 49.0 Å². The van der Waals surface area contributed by atoms with Crippen LogP contribution in [0.4, 0.5) is 14.0 Å². The summed E-state index contributed by atoms with van der Waals surface area (Å²) in [6.45, 7) is 4.77. The summed E-state index contributed by atoms with van der Waals surface area (Å²) in [5, 5.41) is 4.55. The Morgan fingerprint density at radius 2 is 1.86 bits per heavy atom. The molecule has 6 rings (SSSR count). The molecule has 16 heteroatoms. The Kier molecular flexibility index (Phi) is 9.36. The lowest BCUT2D eigenvalue weighted by Gasteiger charge is -2.30. The fraction of sp³-hybridized carbons (Fsp3) is 0.629. The second-order valence-electron chi connectivity index (χ2n) is 14.9. The predicted molar refractivity (Wildman–Crippen MR) is 180 cm³/mol. The smallest absolute Gasteiger partial charge is 0.410 e. The van der Waals surface area contributed by atoms with Gasteiger partial charge in [0.15, 0.2) is 0 Å². The van der Waals surface area contributed by atoms with Gasteiger partial charge in [0, 0.05) is 27.2 Å². The maximum absolute atomic E-state index is 14.4. The normalized spacial score (nSPS) is 30.5. The maximum atomic E-state index is 14.4. The summed E-state index contributed by atoms with van der Waals surface area (Å²) < 4.78 is 70.2. The van der Waals surface area contributed by atoms with E-state index >= 15 is 0 Å². The lowest BCUT2D eigenvalue weighted by molar-refractivity contribution is -0.141. The monoisotopic (exact) mass is 733 g/mol. The third kappa shape index (κ3) is 8.31. The van der Waals surface area contributed by atoms with Gasteiger partial charge in [-0.2, -0.15) is 0 Å². The third-order valence-electron chi connectivity index (χ3n) is 9.76. The van der Waals surface area contributed by atoms with Gasteiger partial charge in [0.05, 0.1) is 18.3 Å². The number of sulfonamides is 1. The summed E-state index contributed by atoms with van der Waals surface area (Å²) in [6.07, 6.45) is -0.449. The number of carbonyl (C=O) groups excluding carboxylic acids is 5. The molecular weight excluding hydrogens is 685 g/mol. The standard InChI is InChI=1S/C35H46FN5O9S/c1-34(2,3)50-32(45)37-27-13-8-6-4-5-7-11-22-17-35(22,31(44)39-51(47,48)24-14-15-24)38-29(42)28-16-23(19-41(28)30(27)43)49-33(46)40-18-21-10-9-12-26(36)25(21)20-40/h7,9-12,22-24,27-28H,4-6,8,13-20H2,1-3H3,(H,37,45)(H,38,42)(H,39,44)/b11-7-/t22-,23-,27+,28+,35-/m1/s1/i5D2. The molecule has 0 aromatic heterocycles. The van der Waals surface area contributed by atoms with Gasteiger partial charge in [-0.25, -0.2) is 22.4 Å². The van der Waals surface area contributed by atoms with Gasteiger partial charge in [0.25, 0.3) is 5.91 Å². The largest absolute Gasteiger partial charge is 0.444 e. The van der Waals surface area contributed by atoms with Gasteiger partial charge >= 0.3 is 12.2 Å². The molecule has 2 saturated carbocycles. The lowest BCUT2D eigenvalue weighted by Crippen LogP contribution is -2.58. The zero-order valence-corrected chi connectivity index (χ0v) is 29.7. The number of hydrogen-bond acceptors (Lipinski definition) is 9. The van der Waals surface area contributed by atoms with Crippen molar-refractivity contribution >= 4 is 39.9 Å². The minimum absolute atomic E-state index is 0.0225. The van der Waals surface area contributed by atoms with E-state index in [0.717, 1.165) is 0 Å². The fourth-order valence-corrected chi connectivity index (χ4v) is 8.18. The summed E-state index contributed by atoms with van der Waals surface area (Å²) in [5.41, 5.74) is -1.66. The minimum atomic E-state index is -4.02. The van der Waals surface area contributed by atoms with E-state index in [2.05, 4.69) is 15.4 Å². The molecule has 0 bridgehead atoms. The Morgan fingerprint density at radius 3 is 2.57 bits per heavy atom. The van der Waals surface area contributed by atoms with Crippen LogP contribution in [0.25, 0.3) is 0 Å². The first-order valence-electron chi connectivity index (χ1n) is 18.4. The van der Waals surface area contributed by atoms with Crippen molar-refractivity contribution in [2.45, 2.75) is 126 Å². The van der Waals surface area contributed by atoms with Crippen LogP contribution in [0.2, 0.25) is 0 Å². The lowest BCUT2D eigenvalue weighted by atomic mass is 10.0. The van der Waals surface area contributed by atoms with Crippen LogP contribution in [-0.4, -0.2) is 89.2 Å². The molecule has 1 saturated heterocycles. The third-order valence-corrected chi connectivity index (χ3v) is 11.6. The van der Waals surface area contributed by atoms with Gasteiger partial charge in [-0.3, -0.25) is 24.0 Å². The number of fused-ring (bicyclic) bond motifs is 3. The molecular formula is C35H46FN5O9S. The zero-order chi connectivity index (χ0) is 38.5. The molecule has 5 aliphatic rings. The maximum Gasteiger partial charge on any atom is 0.410 e. The summed E-state index contributed by atoms with van der Waals surface area (Å²) in [6, 6.07) is 2.01. The van der Waals surface area contributed by atoms with Crippen molar-refractivity contribution in [3.05, 3.63) is 47.3 Å². The van der Waals surface area contributed by atoms with E-state index < -0.39 is 92.6 Å². The van der Waals surface area contributed by atoms with Crippen LogP contribution in [0.1, 0.15) is 92.4 Å². The highest BCUT2D eigenvalue weighted by Gasteiger charge is 2.62. The average Bonchev–Trinajstić information content (AvgIpc) is 3.94. The number of ether oxygens (including phenoxy) is 2. The SMILES string of the molecule is [2H]C1([2H])/C=C\[C@@H]2C[C@@]2(C(=O)NS(=O)(=O)C2CC2)NC(=O)[C@@H]2C[C@@H](OC(=O)N3Cc4cccc(F)c4C3)CN2C(=O)[C@@H](NC(=O)OC(C)(C)C)CCCC1. The molecule has 0 radical (unpaired) electrons. The van der Waals surface area contributed by atoms with Crippen LogP contribution in [0.15, 0.2) is 30.4 Å². The van der Waals surface area contributed by atoms with Crippen LogP contribution >= 0.6 is 0 Å². The second kappa shape index (κ2) is 14.1. The van der Waals surface area contributed by atoms with E-state index in [1.807, 2.05) is 0 Å². The molecule has 3 N–H and O–H groups in total. The molecule has 1 aromatic rings. The van der Waals surface area contributed by atoms with E-state index in [0.29, 0.717) is 36.8 Å². The van der Waals surface area contributed by atoms with Gasteiger partial charge in [0.2, 0.25) is 21.8 Å². The Bertz CT molecular complexity index is 1820. The first-order valence-corrected chi connectivity index (χ1v) is 18.9. The molecule has 0 spiro atoms. The molecule has 3 heterocycles. The molecule has 51 heavy (non-hydrogen) atoms. The van der Waals surface area contributed by atoms with Crippen LogP contribution in [0.5, 0.6) is 0 Å². The van der Waals surface area contributed by atoms with Crippen molar-refractivity contribution in [3.63, 3.8) is 0 Å². The summed E-state index contributed by atoms with van der Waals surface area (Å²) >= 11 is 0.